The molecule has 0 aliphatic rings. The Hall–Kier alpha value is -1.99. The molecule has 5 nitrogen and oxygen atoms in total. The van der Waals surface area contributed by atoms with Crippen LogP contribution in [-0.4, -0.2) is 24.3 Å². The first-order chi connectivity index (χ1) is 9.02. The molecule has 106 valence electrons. The van der Waals surface area contributed by atoms with E-state index in [9.17, 15) is 18.0 Å². The second-order valence-electron chi connectivity index (χ2n) is 3.49. The smallest absolute Gasteiger partial charge is 0.412 e. The number of halogens is 3. The highest BCUT2D eigenvalue weighted by molar-refractivity contribution is 5.83. The summed E-state index contributed by atoms with van der Waals surface area (Å²) >= 11 is 0. The molecule has 19 heavy (non-hydrogen) atoms. The zero-order chi connectivity index (χ0) is 14.3. The predicted octanol–water partition coefficient (Wildman–Crippen LogP) is 3.17. The van der Waals surface area contributed by atoms with Crippen LogP contribution in [0.15, 0.2) is 12.3 Å². The van der Waals surface area contributed by atoms with Crippen molar-refractivity contribution in [3.63, 3.8) is 0 Å². The molecule has 0 unspecified atom stereocenters. The number of carbonyl (C=O) groups excluding carboxylic acids is 1. The van der Waals surface area contributed by atoms with Gasteiger partial charge in [0.05, 0.1) is 12.8 Å². The quantitative estimate of drug-likeness (QED) is 0.812. The highest BCUT2D eigenvalue weighted by Gasteiger charge is 2.13. The summed E-state index contributed by atoms with van der Waals surface area (Å²) in [6.45, 7) is -1.01. The molecule has 1 heterocycles. The highest BCUT2D eigenvalue weighted by atomic mass is 19.3. The largest absolute Gasteiger partial charge is 0.449 e. The van der Waals surface area contributed by atoms with Crippen LogP contribution in [0.2, 0.25) is 0 Å². The van der Waals surface area contributed by atoms with Gasteiger partial charge in [-0.25, -0.2) is 14.2 Å². The minimum Gasteiger partial charge on any atom is -0.449 e. The zero-order valence-corrected chi connectivity index (χ0v) is 10.2. The zero-order valence-electron chi connectivity index (χ0n) is 10.2. The van der Waals surface area contributed by atoms with E-state index in [1.807, 2.05) is 6.92 Å². The number of anilines is 1. The summed E-state index contributed by atoms with van der Waals surface area (Å²) in [5, 5.41) is 2.18. The van der Waals surface area contributed by atoms with Gasteiger partial charge in [0.15, 0.2) is 11.6 Å². The van der Waals surface area contributed by atoms with Crippen molar-refractivity contribution >= 4 is 11.9 Å². The monoisotopic (exact) mass is 278 g/mol. The van der Waals surface area contributed by atoms with Gasteiger partial charge in [0, 0.05) is 6.07 Å². The average molecular weight is 278 g/mol. The van der Waals surface area contributed by atoms with E-state index in [1.54, 1.807) is 0 Å². The van der Waals surface area contributed by atoms with Gasteiger partial charge in [0.25, 0.3) is 0 Å². The van der Waals surface area contributed by atoms with Crippen LogP contribution < -0.4 is 10.1 Å². The number of aromatic nitrogens is 1. The lowest BCUT2D eigenvalue weighted by Crippen LogP contribution is -2.15. The number of carbonyl (C=O) groups is 1. The van der Waals surface area contributed by atoms with E-state index in [-0.39, 0.29) is 12.4 Å². The van der Waals surface area contributed by atoms with E-state index in [1.165, 1.54) is 0 Å². The molecule has 0 spiro atoms. The third-order valence-electron chi connectivity index (χ3n) is 2.00. The van der Waals surface area contributed by atoms with Crippen LogP contribution in [0.4, 0.5) is 23.8 Å². The molecule has 0 fully saturated rings. The van der Waals surface area contributed by atoms with Crippen molar-refractivity contribution in [3.8, 4) is 5.75 Å². The molecular formula is C11H13F3N2O3. The average Bonchev–Trinajstić information content (AvgIpc) is 2.33. The Morgan fingerprint density at radius 3 is 2.89 bits per heavy atom. The van der Waals surface area contributed by atoms with Crippen LogP contribution in [0, 0.1) is 5.82 Å². The lowest BCUT2D eigenvalue weighted by molar-refractivity contribution is -0.0522. The maximum absolute atomic E-state index is 13.1. The molecule has 1 amide bonds. The van der Waals surface area contributed by atoms with Crippen LogP contribution in [-0.2, 0) is 4.74 Å². The minimum atomic E-state index is -3.17. The Morgan fingerprint density at radius 1 is 1.53 bits per heavy atom. The van der Waals surface area contributed by atoms with E-state index in [2.05, 4.69) is 15.0 Å². The topological polar surface area (TPSA) is 60.5 Å². The number of unbranched alkanes of at least 4 members (excludes halogenated alkanes) is 1. The number of nitrogens with one attached hydrogen (secondary N) is 1. The normalized spacial score (nSPS) is 10.4. The van der Waals surface area contributed by atoms with Gasteiger partial charge < -0.3 is 9.47 Å². The van der Waals surface area contributed by atoms with Gasteiger partial charge in [-0.3, -0.25) is 5.32 Å². The summed E-state index contributed by atoms with van der Waals surface area (Å²) in [4.78, 5) is 14.8. The van der Waals surface area contributed by atoms with E-state index in [0.29, 0.717) is 12.6 Å². The molecule has 0 aliphatic heterocycles. The van der Waals surface area contributed by atoms with E-state index in [0.717, 1.165) is 12.5 Å². The number of nitrogens with zero attached hydrogens (tertiary/aromatic N) is 1. The van der Waals surface area contributed by atoms with Crippen LogP contribution in [0.3, 0.4) is 0 Å². The second-order valence-corrected chi connectivity index (χ2v) is 3.49. The Balaban J connectivity index is 2.61. The second kappa shape index (κ2) is 7.45. The van der Waals surface area contributed by atoms with Gasteiger partial charge in [0.1, 0.15) is 5.82 Å². The molecule has 1 rings (SSSR count). The van der Waals surface area contributed by atoms with Crippen LogP contribution in [0.1, 0.15) is 19.8 Å². The maximum atomic E-state index is 13.1. The highest BCUT2D eigenvalue weighted by Crippen LogP contribution is 2.21. The summed E-state index contributed by atoms with van der Waals surface area (Å²) in [7, 11) is 0. The molecule has 1 N–H and O–H groups in total. The number of amides is 1. The van der Waals surface area contributed by atoms with Crippen LogP contribution in [0.25, 0.3) is 0 Å². The first-order valence-corrected chi connectivity index (χ1v) is 5.57. The summed E-state index contributed by atoms with van der Waals surface area (Å²) in [5.74, 6) is -1.89. The lowest BCUT2D eigenvalue weighted by Gasteiger charge is -2.08. The fourth-order valence-corrected chi connectivity index (χ4v) is 1.12. The summed E-state index contributed by atoms with van der Waals surface area (Å²) < 4.78 is 45.7. The molecular weight excluding hydrogens is 265 g/mol. The molecule has 0 saturated heterocycles. The molecule has 1 aromatic heterocycles. The van der Waals surface area contributed by atoms with Crippen molar-refractivity contribution < 1.29 is 27.4 Å². The molecule has 0 bridgehead atoms. The van der Waals surface area contributed by atoms with Gasteiger partial charge in [-0.2, -0.15) is 8.78 Å². The molecule has 0 aromatic carbocycles. The number of hydrogen-bond acceptors (Lipinski definition) is 4. The van der Waals surface area contributed by atoms with Crippen molar-refractivity contribution in [1.29, 1.82) is 0 Å². The van der Waals surface area contributed by atoms with Crippen molar-refractivity contribution in [3.05, 3.63) is 18.1 Å². The van der Waals surface area contributed by atoms with E-state index < -0.39 is 24.3 Å². The lowest BCUT2D eigenvalue weighted by atomic mass is 10.4. The standard InChI is InChI=1S/C11H13F3N2O3/c1-2-3-4-18-11(17)16-9-5-8(19-10(13)14)7(12)6-15-9/h5-6,10H,2-4H2,1H3,(H,15,16,17). The Bertz CT molecular complexity index is 430. The van der Waals surface area contributed by atoms with Crippen molar-refractivity contribution in [2.45, 2.75) is 26.4 Å². The first-order valence-electron chi connectivity index (χ1n) is 5.57. The number of pyridine rings is 1. The Morgan fingerprint density at radius 2 is 2.26 bits per heavy atom. The predicted molar refractivity (Wildman–Crippen MR) is 60.7 cm³/mol. The number of rotatable bonds is 6. The SMILES string of the molecule is CCCCOC(=O)Nc1cc(OC(F)F)c(F)cn1. The Kier molecular flexibility index (Phi) is 5.91. The summed E-state index contributed by atoms with van der Waals surface area (Å²) in [6, 6.07) is 0.850. The summed E-state index contributed by atoms with van der Waals surface area (Å²) in [6.07, 6.45) is 1.42. The number of hydrogen-bond donors (Lipinski definition) is 1. The molecule has 0 radical (unpaired) electrons. The fourth-order valence-electron chi connectivity index (χ4n) is 1.12. The van der Waals surface area contributed by atoms with Crippen molar-refractivity contribution in [2.75, 3.05) is 11.9 Å². The molecule has 0 saturated carbocycles. The van der Waals surface area contributed by atoms with Gasteiger partial charge in [-0.05, 0) is 6.42 Å². The fraction of sp³-hybridized carbons (Fsp3) is 0.455. The van der Waals surface area contributed by atoms with E-state index >= 15 is 0 Å². The van der Waals surface area contributed by atoms with Crippen LogP contribution in [0.5, 0.6) is 5.75 Å². The number of alkyl halides is 2. The Labute approximate surface area is 107 Å². The van der Waals surface area contributed by atoms with Crippen molar-refractivity contribution in [2.24, 2.45) is 0 Å². The number of ether oxygens (including phenoxy) is 2. The molecule has 8 heteroatoms. The van der Waals surface area contributed by atoms with Crippen molar-refractivity contribution in [1.82, 2.24) is 4.98 Å². The van der Waals surface area contributed by atoms with E-state index in [4.69, 9.17) is 4.74 Å². The molecule has 0 aliphatic carbocycles. The third-order valence-corrected chi connectivity index (χ3v) is 2.00. The minimum absolute atomic E-state index is 0.140. The summed E-state index contributed by atoms with van der Waals surface area (Å²) in [5.41, 5.74) is 0. The third kappa shape index (κ3) is 5.45. The maximum Gasteiger partial charge on any atom is 0.412 e. The molecule has 0 atom stereocenters. The van der Waals surface area contributed by atoms with Crippen LogP contribution >= 0.6 is 0 Å². The molecule has 1 aromatic rings. The van der Waals surface area contributed by atoms with Gasteiger partial charge in [-0.15, -0.1) is 0 Å². The van der Waals surface area contributed by atoms with Gasteiger partial charge in [0.2, 0.25) is 0 Å². The first kappa shape index (κ1) is 15.1. The van der Waals surface area contributed by atoms with Gasteiger partial charge in [-0.1, -0.05) is 13.3 Å². The van der Waals surface area contributed by atoms with Gasteiger partial charge >= 0.3 is 12.7 Å².